The van der Waals surface area contributed by atoms with Gasteiger partial charge in [-0.1, -0.05) is 0 Å². The molecular formula is C11H10FNO4. The number of ether oxygens (including phenoxy) is 2. The van der Waals surface area contributed by atoms with E-state index in [2.05, 4.69) is 4.98 Å². The summed E-state index contributed by atoms with van der Waals surface area (Å²) in [5.41, 5.74) is 0.653. The molecule has 0 aliphatic carbocycles. The molecule has 0 spiro atoms. The van der Waals surface area contributed by atoms with Crippen molar-refractivity contribution in [1.82, 2.24) is 4.98 Å². The molecule has 0 N–H and O–H groups in total. The van der Waals surface area contributed by atoms with Crippen LogP contribution in [0.4, 0.5) is 4.39 Å². The summed E-state index contributed by atoms with van der Waals surface area (Å²) in [5.74, 6) is -0.465. The molecule has 0 unspecified atom stereocenters. The maximum absolute atomic E-state index is 13.2. The molecule has 0 radical (unpaired) electrons. The fraction of sp³-hybridized carbons (Fsp3) is 0.273. The number of carbonyl (C=O) groups excluding carboxylic acids is 1. The van der Waals surface area contributed by atoms with E-state index in [-0.39, 0.29) is 18.2 Å². The summed E-state index contributed by atoms with van der Waals surface area (Å²) in [7, 11) is 1.41. The van der Waals surface area contributed by atoms with E-state index in [1.54, 1.807) is 0 Å². The number of methoxy groups -OCH3 is 1. The molecule has 2 rings (SSSR count). The number of hydrogen-bond donors (Lipinski definition) is 0. The van der Waals surface area contributed by atoms with Crippen LogP contribution in [0, 0.1) is 5.82 Å². The van der Waals surface area contributed by atoms with Crippen LogP contribution in [0.15, 0.2) is 16.5 Å². The molecule has 6 heteroatoms. The number of benzene rings is 1. The van der Waals surface area contributed by atoms with Crippen molar-refractivity contribution in [3.63, 3.8) is 0 Å². The van der Waals surface area contributed by atoms with Gasteiger partial charge in [0.25, 0.3) is 0 Å². The monoisotopic (exact) mass is 239 g/mol. The van der Waals surface area contributed by atoms with Crippen LogP contribution in [0.1, 0.15) is 12.8 Å². The van der Waals surface area contributed by atoms with Crippen molar-refractivity contribution in [2.45, 2.75) is 13.5 Å². The Balaban J connectivity index is 2.39. The van der Waals surface area contributed by atoms with Gasteiger partial charge >= 0.3 is 5.97 Å². The molecule has 17 heavy (non-hydrogen) atoms. The Hall–Kier alpha value is -2.11. The van der Waals surface area contributed by atoms with Gasteiger partial charge in [-0.3, -0.25) is 4.79 Å². The maximum atomic E-state index is 13.2. The van der Waals surface area contributed by atoms with Gasteiger partial charge in [-0.2, -0.15) is 0 Å². The number of rotatable bonds is 3. The number of hydrogen-bond acceptors (Lipinski definition) is 5. The van der Waals surface area contributed by atoms with Gasteiger partial charge in [0, 0.05) is 19.1 Å². The number of carbonyl (C=O) groups is 1. The highest BCUT2D eigenvalue weighted by Gasteiger charge is 2.13. The van der Waals surface area contributed by atoms with Crippen LogP contribution in [0.25, 0.3) is 11.1 Å². The first-order chi connectivity index (χ1) is 8.10. The van der Waals surface area contributed by atoms with E-state index >= 15 is 0 Å². The minimum absolute atomic E-state index is 0.0885. The quantitative estimate of drug-likeness (QED) is 0.767. The van der Waals surface area contributed by atoms with Crippen molar-refractivity contribution < 1.29 is 23.1 Å². The Labute approximate surface area is 96.1 Å². The average molecular weight is 239 g/mol. The lowest BCUT2D eigenvalue weighted by molar-refractivity contribution is -0.142. The Morgan fingerprint density at radius 3 is 2.94 bits per heavy atom. The predicted molar refractivity (Wildman–Crippen MR) is 56.0 cm³/mol. The van der Waals surface area contributed by atoms with E-state index in [0.717, 1.165) is 0 Å². The van der Waals surface area contributed by atoms with Crippen molar-refractivity contribution in [2.75, 3.05) is 7.11 Å². The van der Waals surface area contributed by atoms with Crippen molar-refractivity contribution in [2.24, 2.45) is 0 Å². The Bertz CT molecular complexity index is 564. The average Bonchev–Trinajstić information content (AvgIpc) is 2.67. The predicted octanol–water partition coefficient (Wildman–Crippen LogP) is 2.04. The van der Waals surface area contributed by atoms with Gasteiger partial charge in [-0.05, 0) is 0 Å². The minimum Gasteiger partial charge on any atom is -0.493 e. The molecule has 0 saturated heterocycles. The van der Waals surface area contributed by atoms with Crippen LogP contribution in [-0.2, 0) is 16.1 Å². The zero-order valence-electron chi connectivity index (χ0n) is 9.32. The van der Waals surface area contributed by atoms with Crippen molar-refractivity contribution >= 4 is 17.1 Å². The fourth-order valence-electron chi connectivity index (χ4n) is 1.39. The van der Waals surface area contributed by atoms with Crippen molar-refractivity contribution in [3.8, 4) is 5.75 Å². The van der Waals surface area contributed by atoms with Crippen LogP contribution in [-0.4, -0.2) is 18.1 Å². The molecule has 0 fully saturated rings. The molecule has 2 aromatic rings. The van der Waals surface area contributed by atoms with Gasteiger partial charge < -0.3 is 13.9 Å². The van der Waals surface area contributed by atoms with Crippen molar-refractivity contribution in [3.05, 3.63) is 23.8 Å². The van der Waals surface area contributed by atoms with E-state index in [4.69, 9.17) is 13.9 Å². The minimum atomic E-state index is -0.471. The van der Waals surface area contributed by atoms with E-state index in [1.165, 1.54) is 26.2 Å². The summed E-state index contributed by atoms with van der Waals surface area (Å²) in [4.78, 5) is 14.6. The summed E-state index contributed by atoms with van der Waals surface area (Å²) in [6.45, 7) is 1.19. The second-order valence-corrected chi connectivity index (χ2v) is 3.34. The molecule has 1 heterocycles. The second kappa shape index (κ2) is 4.40. The molecule has 1 aromatic carbocycles. The zero-order valence-corrected chi connectivity index (χ0v) is 9.32. The summed E-state index contributed by atoms with van der Waals surface area (Å²) in [5, 5.41) is 0. The third-order valence-electron chi connectivity index (χ3n) is 2.08. The number of fused-ring (bicyclic) bond motifs is 1. The Kier molecular flexibility index (Phi) is 2.95. The SMILES string of the molecule is COc1cc(F)cc2nc(COC(C)=O)oc12. The van der Waals surface area contributed by atoms with Crippen LogP contribution < -0.4 is 4.74 Å². The van der Waals surface area contributed by atoms with Gasteiger partial charge in [0.05, 0.1) is 7.11 Å². The first kappa shape index (κ1) is 11.4. The maximum Gasteiger partial charge on any atom is 0.303 e. The summed E-state index contributed by atoms with van der Waals surface area (Å²) < 4.78 is 28.2. The third-order valence-corrected chi connectivity index (χ3v) is 2.08. The van der Waals surface area contributed by atoms with Crippen LogP contribution in [0.5, 0.6) is 5.75 Å². The molecule has 0 saturated carbocycles. The number of aromatic nitrogens is 1. The third kappa shape index (κ3) is 2.35. The number of halogens is 1. The second-order valence-electron chi connectivity index (χ2n) is 3.34. The summed E-state index contributed by atoms with van der Waals surface area (Å²) in [6.07, 6.45) is 0. The molecule has 5 nitrogen and oxygen atoms in total. The van der Waals surface area contributed by atoms with Gasteiger partial charge in [0.15, 0.2) is 17.9 Å². The lowest BCUT2D eigenvalue weighted by Gasteiger charge is -1.99. The lowest BCUT2D eigenvalue weighted by atomic mass is 10.3. The highest BCUT2D eigenvalue weighted by Crippen LogP contribution is 2.27. The van der Waals surface area contributed by atoms with E-state index in [1.807, 2.05) is 0 Å². The molecular weight excluding hydrogens is 229 g/mol. The number of oxazole rings is 1. The highest BCUT2D eigenvalue weighted by atomic mass is 19.1. The largest absolute Gasteiger partial charge is 0.493 e. The standard InChI is InChI=1S/C11H10FNO4/c1-6(14)16-5-10-13-8-3-7(12)4-9(15-2)11(8)17-10/h3-4H,5H2,1-2H3. The molecule has 0 aliphatic heterocycles. The van der Waals surface area contributed by atoms with E-state index in [9.17, 15) is 9.18 Å². The molecule has 0 aliphatic rings. The Morgan fingerprint density at radius 2 is 2.29 bits per heavy atom. The summed E-state index contributed by atoms with van der Waals surface area (Å²) in [6, 6.07) is 2.42. The number of nitrogens with zero attached hydrogens (tertiary/aromatic N) is 1. The van der Waals surface area contributed by atoms with Crippen LogP contribution >= 0.6 is 0 Å². The smallest absolute Gasteiger partial charge is 0.303 e. The van der Waals surface area contributed by atoms with Gasteiger partial charge in [-0.25, -0.2) is 9.37 Å². The topological polar surface area (TPSA) is 61.6 Å². The summed E-state index contributed by atoms with van der Waals surface area (Å²) >= 11 is 0. The molecule has 0 atom stereocenters. The Morgan fingerprint density at radius 1 is 1.53 bits per heavy atom. The molecule has 0 bridgehead atoms. The van der Waals surface area contributed by atoms with E-state index in [0.29, 0.717) is 11.1 Å². The van der Waals surface area contributed by atoms with E-state index < -0.39 is 11.8 Å². The molecule has 90 valence electrons. The zero-order chi connectivity index (χ0) is 12.4. The molecule has 1 aromatic heterocycles. The fourth-order valence-corrected chi connectivity index (χ4v) is 1.39. The lowest BCUT2D eigenvalue weighted by Crippen LogP contribution is -1.98. The first-order valence-electron chi connectivity index (χ1n) is 4.86. The highest BCUT2D eigenvalue weighted by molar-refractivity contribution is 5.79. The van der Waals surface area contributed by atoms with Gasteiger partial charge in [0.2, 0.25) is 5.89 Å². The van der Waals surface area contributed by atoms with Gasteiger partial charge in [-0.15, -0.1) is 0 Å². The first-order valence-corrected chi connectivity index (χ1v) is 4.86. The van der Waals surface area contributed by atoms with Crippen LogP contribution in [0.3, 0.4) is 0 Å². The number of esters is 1. The normalized spacial score (nSPS) is 10.5. The van der Waals surface area contributed by atoms with Crippen molar-refractivity contribution in [1.29, 1.82) is 0 Å². The van der Waals surface area contributed by atoms with Crippen LogP contribution in [0.2, 0.25) is 0 Å². The molecule has 0 amide bonds. The van der Waals surface area contributed by atoms with Gasteiger partial charge in [0.1, 0.15) is 11.3 Å².